The van der Waals surface area contributed by atoms with Crippen molar-refractivity contribution in [1.29, 1.82) is 0 Å². The maximum atomic E-state index is 12.3. The molecule has 1 aliphatic carbocycles. The number of carbonyl (C=O) groups is 2. The third kappa shape index (κ3) is 5.05. The second-order valence-corrected chi connectivity index (χ2v) is 7.10. The normalized spacial score (nSPS) is 19.6. The fourth-order valence-electron chi connectivity index (χ4n) is 3.25. The molecule has 0 bridgehead atoms. The topological polar surface area (TPSA) is 71.1 Å². The fraction of sp³-hybridized carbons (Fsp3) is 0.350. The second-order valence-electron chi connectivity index (χ2n) is 6.66. The Morgan fingerprint density at radius 1 is 1.00 bits per heavy atom. The monoisotopic (exact) mass is 371 g/mol. The second kappa shape index (κ2) is 8.81. The molecule has 2 N–H and O–H groups in total. The van der Waals surface area contributed by atoms with Gasteiger partial charge in [0.1, 0.15) is 0 Å². The van der Waals surface area contributed by atoms with Crippen LogP contribution < -0.4 is 10.6 Å². The standard InChI is InChI=1S/C20H22ClN3O2/c21-17-7-5-15(6-8-17)19(25)23-13-14-1-3-16(4-2-14)20(26)24-18-9-11-22-12-10-18/h5-12,14,16H,1-4,13H2,(H,23,25)(H,22,24,26)/t14-,16-. The van der Waals surface area contributed by atoms with Gasteiger partial charge in [0, 0.05) is 41.1 Å². The molecule has 1 saturated carbocycles. The van der Waals surface area contributed by atoms with Gasteiger partial charge in [0.05, 0.1) is 0 Å². The number of rotatable bonds is 5. The maximum Gasteiger partial charge on any atom is 0.251 e. The van der Waals surface area contributed by atoms with E-state index in [1.165, 1.54) is 0 Å². The largest absolute Gasteiger partial charge is 0.352 e. The summed E-state index contributed by atoms with van der Waals surface area (Å²) in [5.41, 5.74) is 1.39. The zero-order chi connectivity index (χ0) is 18.4. The Hall–Kier alpha value is -2.40. The summed E-state index contributed by atoms with van der Waals surface area (Å²) >= 11 is 5.84. The van der Waals surface area contributed by atoms with Crippen LogP contribution in [0.5, 0.6) is 0 Å². The van der Waals surface area contributed by atoms with Gasteiger partial charge in [0.25, 0.3) is 5.91 Å². The van der Waals surface area contributed by atoms with Crippen LogP contribution in [0.25, 0.3) is 0 Å². The van der Waals surface area contributed by atoms with Gasteiger partial charge in [-0.2, -0.15) is 0 Å². The van der Waals surface area contributed by atoms with E-state index < -0.39 is 0 Å². The molecule has 0 spiro atoms. The summed E-state index contributed by atoms with van der Waals surface area (Å²) in [5, 5.41) is 6.54. The summed E-state index contributed by atoms with van der Waals surface area (Å²) in [7, 11) is 0. The number of halogens is 1. The van der Waals surface area contributed by atoms with E-state index in [4.69, 9.17) is 11.6 Å². The van der Waals surface area contributed by atoms with Crippen LogP contribution >= 0.6 is 11.6 Å². The summed E-state index contributed by atoms with van der Waals surface area (Å²) in [6.07, 6.45) is 6.90. The van der Waals surface area contributed by atoms with Gasteiger partial charge < -0.3 is 10.6 Å². The summed E-state index contributed by atoms with van der Waals surface area (Å²) in [5.74, 6) is 0.432. The number of hydrogen-bond donors (Lipinski definition) is 2. The Balaban J connectivity index is 1.41. The SMILES string of the molecule is O=C(NC[C@H]1CC[C@H](C(=O)Nc2ccncc2)CC1)c1ccc(Cl)cc1. The molecular formula is C20H22ClN3O2. The first kappa shape index (κ1) is 18.4. The van der Waals surface area contributed by atoms with Crippen LogP contribution in [0.2, 0.25) is 5.02 Å². The van der Waals surface area contributed by atoms with Crippen LogP contribution in [0.1, 0.15) is 36.0 Å². The van der Waals surface area contributed by atoms with Crippen molar-refractivity contribution >= 4 is 29.1 Å². The number of pyridine rings is 1. The Labute approximate surface area is 158 Å². The molecule has 0 radical (unpaired) electrons. The lowest BCUT2D eigenvalue weighted by atomic mass is 9.81. The molecule has 1 fully saturated rings. The summed E-state index contributed by atoms with van der Waals surface area (Å²) in [4.78, 5) is 28.4. The lowest BCUT2D eigenvalue weighted by molar-refractivity contribution is -0.121. The smallest absolute Gasteiger partial charge is 0.251 e. The van der Waals surface area contributed by atoms with Gasteiger partial charge in [-0.1, -0.05) is 11.6 Å². The van der Waals surface area contributed by atoms with Gasteiger partial charge in [-0.25, -0.2) is 0 Å². The first-order chi connectivity index (χ1) is 12.6. The van der Waals surface area contributed by atoms with Crippen molar-refractivity contribution in [1.82, 2.24) is 10.3 Å². The number of amides is 2. The summed E-state index contributed by atoms with van der Waals surface area (Å²) < 4.78 is 0. The van der Waals surface area contributed by atoms with Crippen LogP contribution in [0.15, 0.2) is 48.8 Å². The average Bonchev–Trinajstić information content (AvgIpc) is 2.68. The van der Waals surface area contributed by atoms with Crippen LogP contribution in [0, 0.1) is 11.8 Å². The average molecular weight is 372 g/mol. The van der Waals surface area contributed by atoms with Crippen LogP contribution in [0.4, 0.5) is 5.69 Å². The number of nitrogens with one attached hydrogen (secondary N) is 2. The number of carbonyl (C=O) groups excluding carboxylic acids is 2. The van der Waals surface area contributed by atoms with Gasteiger partial charge in [-0.3, -0.25) is 14.6 Å². The van der Waals surface area contributed by atoms with E-state index in [1.807, 2.05) is 0 Å². The zero-order valence-corrected chi connectivity index (χ0v) is 15.2. The molecule has 1 heterocycles. The number of benzene rings is 1. The van der Waals surface area contributed by atoms with Gasteiger partial charge in [-0.15, -0.1) is 0 Å². The van der Waals surface area contributed by atoms with Crippen molar-refractivity contribution in [2.45, 2.75) is 25.7 Å². The molecule has 5 nitrogen and oxygen atoms in total. The number of aromatic nitrogens is 1. The Bertz CT molecular complexity index is 741. The molecule has 0 saturated heterocycles. The van der Waals surface area contributed by atoms with Crippen LogP contribution in [0.3, 0.4) is 0 Å². The molecule has 0 unspecified atom stereocenters. The van der Waals surface area contributed by atoms with E-state index in [0.29, 0.717) is 23.0 Å². The van der Waals surface area contributed by atoms with Gasteiger partial charge in [0.15, 0.2) is 0 Å². The minimum absolute atomic E-state index is 0.0337. The van der Waals surface area contributed by atoms with E-state index in [9.17, 15) is 9.59 Å². The molecule has 2 amide bonds. The van der Waals surface area contributed by atoms with Gasteiger partial charge in [0.2, 0.25) is 5.91 Å². The van der Waals surface area contributed by atoms with E-state index in [2.05, 4.69) is 15.6 Å². The molecule has 1 aromatic carbocycles. The van der Waals surface area contributed by atoms with Crippen molar-refractivity contribution in [2.75, 3.05) is 11.9 Å². The minimum atomic E-state index is -0.0841. The molecule has 0 atom stereocenters. The van der Waals surface area contributed by atoms with Gasteiger partial charge >= 0.3 is 0 Å². The Morgan fingerprint density at radius 3 is 2.31 bits per heavy atom. The fourth-order valence-corrected chi connectivity index (χ4v) is 3.37. The number of hydrogen-bond acceptors (Lipinski definition) is 3. The Kier molecular flexibility index (Phi) is 6.23. The van der Waals surface area contributed by atoms with Crippen LogP contribution in [-0.2, 0) is 4.79 Å². The molecule has 26 heavy (non-hydrogen) atoms. The highest BCUT2D eigenvalue weighted by Gasteiger charge is 2.26. The van der Waals surface area contributed by atoms with Crippen LogP contribution in [-0.4, -0.2) is 23.3 Å². The maximum absolute atomic E-state index is 12.3. The highest BCUT2D eigenvalue weighted by Crippen LogP contribution is 2.29. The van der Waals surface area contributed by atoms with Crippen molar-refractivity contribution < 1.29 is 9.59 Å². The molecule has 1 aliphatic rings. The summed E-state index contributed by atoms with van der Waals surface area (Å²) in [6, 6.07) is 10.4. The van der Waals surface area contributed by atoms with Gasteiger partial charge in [-0.05, 0) is 68.0 Å². The molecule has 0 aliphatic heterocycles. The zero-order valence-electron chi connectivity index (χ0n) is 14.5. The van der Waals surface area contributed by atoms with Crippen molar-refractivity contribution in [2.24, 2.45) is 11.8 Å². The highest BCUT2D eigenvalue weighted by molar-refractivity contribution is 6.30. The molecule has 1 aromatic heterocycles. The van der Waals surface area contributed by atoms with E-state index in [0.717, 1.165) is 31.4 Å². The van der Waals surface area contributed by atoms with E-state index in [1.54, 1.807) is 48.8 Å². The van der Waals surface area contributed by atoms with E-state index in [-0.39, 0.29) is 17.7 Å². The van der Waals surface area contributed by atoms with Crippen molar-refractivity contribution in [3.8, 4) is 0 Å². The first-order valence-electron chi connectivity index (χ1n) is 8.86. The minimum Gasteiger partial charge on any atom is -0.352 e. The van der Waals surface area contributed by atoms with Crippen molar-refractivity contribution in [3.05, 3.63) is 59.4 Å². The third-order valence-corrected chi connectivity index (χ3v) is 5.08. The number of nitrogens with zero attached hydrogens (tertiary/aromatic N) is 1. The molecule has 6 heteroatoms. The van der Waals surface area contributed by atoms with Crippen molar-refractivity contribution in [3.63, 3.8) is 0 Å². The quantitative estimate of drug-likeness (QED) is 0.837. The predicted octanol–water partition coefficient (Wildman–Crippen LogP) is 3.91. The number of anilines is 1. The Morgan fingerprint density at radius 2 is 1.65 bits per heavy atom. The predicted molar refractivity (Wildman–Crippen MR) is 102 cm³/mol. The lowest BCUT2D eigenvalue weighted by Gasteiger charge is -2.27. The molecule has 2 aromatic rings. The third-order valence-electron chi connectivity index (χ3n) is 4.82. The first-order valence-corrected chi connectivity index (χ1v) is 9.24. The molecular weight excluding hydrogens is 350 g/mol. The lowest BCUT2D eigenvalue weighted by Crippen LogP contribution is -2.33. The van der Waals surface area contributed by atoms with E-state index >= 15 is 0 Å². The highest BCUT2D eigenvalue weighted by atomic mass is 35.5. The summed E-state index contributed by atoms with van der Waals surface area (Å²) in [6.45, 7) is 0.639. The molecule has 136 valence electrons. The molecule has 3 rings (SSSR count).